The second-order valence-corrected chi connectivity index (χ2v) is 7.47. The van der Waals surface area contributed by atoms with Crippen LogP contribution >= 0.6 is 0 Å². The van der Waals surface area contributed by atoms with Crippen LogP contribution in [-0.2, 0) is 6.54 Å². The van der Waals surface area contributed by atoms with E-state index in [1.807, 2.05) is 32.3 Å². The fraction of sp³-hybridized carbons (Fsp3) is 0.429. The Hall–Kier alpha value is -2.51. The van der Waals surface area contributed by atoms with Gasteiger partial charge in [-0.1, -0.05) is 6.07 Å². The number of rotatable bonds is 7. The Kier molecular flexibility index (Phi) is 6.59. The lowest BCUT2D eigenvalue weighted by Crippen LogP contribution is -2.43. The highest BCUT2D eigenvalue weighted by Gasteiger charge is 2.34. The number of hydrogen-bond acceptors (Lipinski definition) is 5. The van der Waals surface area contributed by atoms with Crippen LogP contribution in [-0.4, -0.2) is 67.6 Å². The summed E-state index contributed by atoms with van der Waals surface area (Å²) in [5.41, 5.74) is 1.31. The molecule has 2 aromatic rings. The molecule has 0 bridgehead atoms. The SMILES string of the molecule is COc1ccc(C(=O)N[C@@H]2CN(Cc3ccccn3)C[C@H]2CN(C)C)cc1F. The van der Waals surface area contributed by atoms with Crippen LogP contribution in [0.1, 0.15) is 16.1 Å². The number of ether oxygens (including phenoxy) is 1. The summed E-state index contributed by atoms with van der Waals surface area (Å²) in [5.74, 6) is -0.395. The molecular weight excluding hydrogens is 359 g/mol. The van der Waals surface area contributed by atoms with Gasteiger partial charge in [-0.25, -0.2) is 4.39 Å². The normalized spacial score (nSPS) is 19.8. The highest BCUT2D eigenvalue weighted by Crippen LogP contribution is 2.22. The van der Waals surface area contributed by atoms with Crippen LogP contribution in [0.4, 0.5) is 4.39 Å². The summed E-state index contributed by atoms with van der Waals surface area (Å²) < 4.78 is 18.9. The summed E-state index contributed by atoms with van der Waals surface area (Å²) in [7, 11) is 5.46. The van der Waals surface area contributed by atoms with Gasteiger partial charge in [-0.15, -0.1) is 0 Å². The van der Waals surface area contributed by atoms with Crippen molar-refractivity contribution in [2.45, 2.75) is 12.6 Å². The van der Waals surface area contributed by atoms with Crippen molar-refractivity contribution in [2.75, 3.05) is 40.8 Å². The van der Waals surface area contributed by atoms with E-state index >= 15 is 0 Å². The molecule has 1 aliphatic rings. The van der Waals surface area contributed by atoms with Crippen molar-refractivity contribution < 1.29 is 13.9 Å². The molecule has 1 N–H and O–H groups in total. The van der Waals surface area contributed by atoms with Crippen molar-refractivity contribution in [1.82, 2.24) is 20.1 Å². The average Bonchev–Trinajstić information content (AvgIpc) is 3.02. The molecule has 0 saturated carbocycles. The Bertz CT molecular complexity index is 800. The quantitative estimate of drug-likeness (QED) is 0.789. The summed E-state index contributed by atoms with van der Waals surface area (Å²) in [6.45, 7) is 3.21. The van der Waals surface area contributed by atoms with E-state index in [9.17, 15) is 9.18 Å². The van der Waals surface area contributed by atoms with Crippen LogP contribution in [0.5, 0.6) is 5.75 Å². The number of halogens is 1. The third kappa shape index (κ3) is 5.05. The highest BCUT2D eigenvalue weighted by atomic mass is 19.1. The topological polar surface area (TPSA) is 57.7 Å². The number of aromatic nitrogens is 1. The Labute approximate surface area is 165 Å². The van der Waals surface area contributed by atoms with Crippen molar-refractivity contribution in [2.24, 2.45) is 5.92 Å². The molecule has 3 rings (SSSR count). The van der Waals surface area contributed by atoms with Crippen LogP contribution in [0.2, 0.25) is 0 Å². The predicted octanol–water partition coefficient (Wildman–Crippen LogP) is 2.02. The fourth-order valence-corrected chi connectivity index (χ4v) is 3.69. The van der Waals surface area contributed by atoms with Crippen LogP contribution in [0.25, 0.3) is 0 Å². The van der Waals surface area contributed by atoms with Gasteiger partial charge in [-0.05, 0) is 44.4 Å². The number of nitrogens with zero attached hydrogens (tertiary/aromatic N) is 3. The van der Waals surface area contributed by atoms with Gasteiger partial charge >= 0.3 is 0 Å². The molecule has 1 fully saturated rings. The first kappa shape index (κ1) is 20.2. The van der Waals surface area contributed by atoms with Crippen molar-refractivity contribution in [1.29, 1.82) is 0 Å². The molecule has 0 unspecified atom stereocenters. The van der Waals surface area contributed by atoms with Gasteiger partial charge in [0, 0.05) is 49.9 Å². The number of nitrogens with one attached hydrogen (secondary N) is 1. The van der Waals surface area contributed by atoms with E-state index < -0.39 is 5.82 Å². The second kappa shape index (κ2) is 9.12. The minimum absolute atomic E-state index is 0.0104. The van der Waals surface area contributed by atoms with E-state index in [1.54, 1.807) is 12.3 Å². The summed E-state index contributed by atoms with van der Waals surface area (Å²) >= 11 is 0. The molecule has 1 aromatic heterocycles. The molecule has 1 amide bonds. The molecule has 0 aliphatic carbocycles. The smallest absolute Gasteiger partial charge is 0.251 e. The summed E-state index contributed by atoms with van der Waals surface area (Å²) in [6.07, 6.45) is 1.79. The Morgan fingerprint density at radius 1 is 1.32 bits per heavy atom. The molecule has 0 spiro atoms. The van der Waals surface area contributed by atoms with E-state index in [0.717, 1.165) is 31.9 Å². The zero-order valence-electron chi connectivity index (χ0n) is 16.6. The minimum atomic E-state index is -0.539. The van der Waals surface area contributed by atoms with Gasteiger partial charge in [-0.3, -0.25) is 14.7 Å². The third-order valence-electron chi connectivity index (χ3n) is 4.96. The van der Waals surface area contributed by atoms with Crippen LogP contribution in [0.3, 0.4) is 0 Å². The van der Waals surface area contributed by atoms with Gasteiger partial charge in [0.15, 0.2) is 11.6 Å². The second-order valence-electron chi connectivity index (χ2n) is 7.47. The summed E-state index contributed by atoms with van der Waals surface area (Å²) in [6, 6.07) is 10.2. The number of carbonyl (C=O) groups is 1. The molecular formula is C21H27FN4O2. The van der Waals surface area contributed by atoms with Gasteiger partial charge < -0.3 is 15.0 Å². The van der Waals surface area contributed by atoms with E-state index in [4.69, 9.17) is 4.74 Å². The molecule has 0 radical (unpaired) electrons. The summed E-state index contributed by atoms with van der Waals surface area (Å²) in [4.78, 5) is 21.5. The van der Waals surface area contributed by atoms with Gasteiger partial charge in [0.1, 0.15) is 0 Å². The first-order chi connectivity index (χ1) is 13.5. The Balaban J connectivity index is 1.68. The Morgan fingerprint density at radius 2 is 2.14 bits per heavy atom. The average molecular weight is 386 g/mol. The van der Waals surface area contributed by atoms with Crippen molar-refractivity contribution >= 4 is 5.91 Å². The van der Waals surface area contributed by atoms with Crippen LogP contribution < -0.4 is 10.1 Å². The molecule has 150 valence electrons. The number of amides is 1. The van der Waals surface area contributed by atoms with Crippen LogP contribution in [0, 0.1) is 11.7 Å². The fourth-order valence-electron chi connectivity index (χ4n) is 3.69. The summed E-state index contributed by atoms with van der Waals surface area (Å²) in [5, 5.41) is 3.10. The van der Waals surface area contributed by atoms with Crippen molar-refractivity contribution in [3.63, 3.8) is 0 Å². The first-order valence-corrected chi connectivity index (χ1v) is 9.37. The molecule has 1 aromatic carbocycles. The van der Waals surface area contributed by atoms with E-state index in [2.05, 4.69) is 20.1 Å². The van der Waals surface area contributed by atoms with E-state index in [-0.39, 0.29) is 23.6 Å². The molecule has 6 nitrogen and oxygen atoms in total. The third-order valence-corrected chi connectivity index (χ3v) is 4.96. The maximum absolute atomic E-state index is 14.0. The lowest BCUT2D eigenvalue weighted by molar-refractivity contribution is 0.0926. The number of pyridine rings is 1. The molecule has 28 heavy (non-hydrogen) atoms. The number of hydrogen-bond donors (Lipinski definition) is 1. The predicted molar refractivity (Wildman–Crippen MR) is 106 cm³/mol. The molecule has 1 aliphatic heterocycles. The number of likely N-dealkylation sites (tertiary alicyclic amines) is 1. The molecule has 2 atom stereocenters. The molecule has 2 heterocycles. The largest absolute Gasteiger partial charge is 0.494 e. The zero-order chi connectivity index (χ0) is 20.1. The maximum Gasteiger partial charge on any atom is 0.251 e. The van der Waals surface area contributed by atoms with Gasteiger partial charge in [0.25, 0.3) is 5.91 Å². The van der Waals surface area contributed by atoms with Gasteiger partial charge in [0.2, 0.25) is 0 Å². The lowest BCUT2D eigenvalue weighted by Gasteiger charge is -2.23. The van der Waals surface area contributed by atoms with Crippen LogP contribution in [0.15, 0.2) is 42.6 Å². The van der Waals surface area contributed by atoms with Gasteiger partial charge in [-0.2, -0.15) is 0 Å². The molecule has 1 saturated heterocycles. The first-order valence-electron chi connectivity index (χ1n) is 9.37. The minimum Gasteiger partial charge on any atom is -0.494 e. The standard InChI is InChI=1S/C21H27FN4O2/c1-25(2)11-16-12-26(13-17-6-4-5-9-23-17)14-19(16)24-21(27)15-7-8-20(28-3)18(22)10-15/h4-10,16,19H,11-14H2,1-3H3,(H,24,27)/t16-,19-/m1/s1. The number of methoxy groups -OCH3 is 1. The Morgan fingerprint density at radius 3 is 2.79 bits per heavy atom. The lowest BCUT2D eigenvalue weighted by atomic mass is 10.0. The van der Waals surface area contributed by atoms with E-state index in [0.29, 0.717) is 5.56 Å². The zero-order valence-corrected chi connectivity index (χ0v) is 16.6. The van der Waals surface area contributed by atoms with Crippen molar-refractivity contribution in [3.05, 3.63) is 59.7 Å². The maximum atomic E-state index is 14.0. The molecule has 7 heteroatoms. The van der Waals surface area contributed by atoms with Gasteiger partial charge in [0.05, 0.1) is 12.8 Å². The number of carbonyl (C=O) groups excluding carboxylic acids is 1. The van der Waals surface area contributed by atoms with E-state index in [1.165, 1.54) is 19.2 Å². The van der Waals surface area contributed by atoms with Crippen molar-refractivity contribution in [3.8, 4) is 5.75 Å². The number of benzene rings is 1. The highest BCUT2D eigenvalue weighted by molar-refractivity contribution is 5.94. The monoisotopic (exact) mass is 386 g/mol.